The number of rotatable bonds is 6. The van der Waals surface area contributed by atoms with Crippen LogP contribution in [-0.4, -0.2) is 64.1 Å². The Kier molecular flexibility index (Phi) is 8.45. The summed E-state index contributed by atoms with van der Waals surface area (Å²) >= 11 is 3.55. The highest BCUT2D eigenvalue weighted by Gasteiger charge is 2.36. The summed E-state index contributed by atoms with van der Waals surface area (Å²) in [4.78, 5) is 26.3. The van der Waals surface area contributed by atoms with E-state index in [-0.39, 0.29) is 23.1 Å². The number of aromatic nitrogens is 3. The first-order valence-corrected chi connectivity index (χ1v) is 16.4. The van der Waals surface area contributed by atoms with Crippen LogP contribution in [0.5, 0.6) is 0 Å². The molecule has 1 aromatic carbocycles. The van der Waals surface area contributed by atoms with Gasteiger partial charge in [0.15, 0.2) is 5.65 Å². The van der Waals surface area contributed by atoms with Gasteiger partial charge in [0, 0.05) is 35.6 Å². The summed E-state index contributed by atoms with van der Waals surface area (Å²) in [5.74, 6) is 0.832. The van der Waals surface area contributed by atoms with Crippen LogP contribution in [0.4, 0.5) is 16.3 Å². The maximum absolute atomic E-state index is 13.5. The Morgan fingerprint density at radius 3 is 2.40 bits per heavy atom. The average Bonchev–Trinajstić information content (AvgIpc) is 3.29. The molecule has 1 saturated heterocycles. The zero-order valence-electron chi connectivity index (χ0n) is 25.2. The highest BCUT2D eigenvalue weighted by atomic mass is 79.9. The summed E-state index contributed by atoms with van der Waals surface area (Å²) in [6.07, 6.45) is 2.83. The Hall–Kier alpha value is -3.64. The van der Waals surface area contributed by atoms with Crippen molar-refractivity contribution in [2.24, 2.45) is 0 Å². The van der Waals surface area contributed by atoms with E-state index in [2.05, 4.69) is 31.1 Å². The summed E-state index contributed by atoms with van der Waals surface area (Å²) in [5.41, 5.74) is 2.30. The van der Waals surface area contributed by atoms with Crippen molar-refractivity contribution < 1.29 is 17.9 Å². The normalized spacial score (nSPS) is 17.7. The van der Waals surface area contributed by atoms with Gasteiger partial charge in [-0.05, 0) is 87.8 Å². The molecule has 1 amide bonds. The molecule has 4 heterocycles. The molecule has 1 N–H and O–H groups in total. The quantitative estimate of drug-likeness (QED) is 0.259. The average molecular weight is 670 g/mol. The summed E-state index contributed by atoms with van der Waals surface area (Å²) in [6.45, 7) is 13.3. The molecule has 228 valence electrons. The van der Waals surface area contributed by atoms with Gasteiger partial charge < -0.3 is 15.0 Å². The summed E-state index contributed by atoms with van der Waals surface area (Å²) in [5, 5.41) is 4.08. The second-order valence-electron chi connectivity index (χ2n) is 12.0. The molecule has 0 spiro atoms. The highest BCUT2D eigenvalue weighted by molar-refractivity contribution is 9.10. The number of anilines is 2. The highest BCUT2D eigenvalue weighted by Crippen LogP contribution is 2.34. The lowest BCUT2D eigenvalue weighted by molar-refractivity contribution is 0.00559. The summed E-state index contributed by atoms with van der Waals surface area (Å²) in [7, 11) is -3.84. The van der Waals surface area contributed by atoms with Crippen LogP contribution in [-0.2, 0) is 21.3 Å². The lowest BCUT2D eigenvalue weighted by Crippen LogP contribution is -2.59. The Morgan fingerprint density at radius 1 is 1.07 bits per heavy atom. The van der Waals surface area contributed by atoms with Crippen LogP contribution in [0.25, 0.3) is 11.0 Å². The second-order valence-corrected chi connectivity index (χ2v) is 14.6. The van der Waals surface area contributed by atoms with Gasteiger partial charge in [0.05, 0.1) is 34.6 Å². The molecule has 10 nitrogen and oxygen atoms in total. The van der Waals surface area contributed by atoms with Crippen molar-refractivity contribution in [2.75, 3.05) is 23.3 Å². The Bertz CT molecular complexity index is 1740. The smallest absolute Gasteiger partial charge is 0.410 e. The van der Waals surface area contributed by atoms with Crippen molar-refractivity contribution in [1.29, 1.82) is 0 Å². The van der Waals surface area contributed by atoms with E-state index in [0.29, 0.717) is 35.1 Å². The predicted molar refractivity (Wildman–Crippen MR) is 172 cm³/mol. The number of nitrogens with zero attached hydrogens (tertiary/aromatic N) is 5. The van der Waals surface area contributed by atoms with E-state index in [1.54, 1.807) is 30.5 Å². The molecule has 1 fully saturated rings. The van der Waals surface area contributed by atoms with Crippen molar-refractivity contribution in [3.05, 3.63) is 76.7 Å². The number of carbonyl (C=O) groups is 1. The topological polar surface area (TPSA) is 110 Å². The van der Waals surface area contributed by atoms with E-state index in [1.165, 1.54) is 10.2 Å². The molecule has 2 atom stereocenters. The van der Waals surface area contributed by atoms with Gasteiger partial charge in [-0.2, -0.15) is 0 Å². The number of aryl methyl sites for hydroxylation is 1. The number of piperazine rings is 1. The van der Waals surface area contributed by atoms with E-state index in [0.717, 1.165) is 22.8 Å². The van der Waals surface area contributed by atoms with Crippen molar-refractivity contribution in [3.63, 3.8) is 0 Å². The van der Waals surface area contributed by atoms with Gasteiger partial charge in [-0.3, -0.25) is 4.90 Å². The fraction of sp³-hybridized carbons (Fsp3) is 0.387. The fourth-order valence-electron chi connectivity index (χ4n) is 5.35. The lowest BCUT2D eigenvalue weighted by Gasteiger charge is -2.45. The Labute approximate surface area is 261 Å². The van der Waals surface area contributed by atoms with Gasteiger partial charge in [-0.25, -0.2) is 27.2 Å². The molecular formula is C31H37BrN6O4S. The predicted octanol–water partition coefficient (Wildman–Crippen LogP) is 6.19. The Morgan fingerprint density at radius 2 is 1.74 bits per heavy atom. The molecule has 43 heavy (non-hydrogen) atoms. The maximum Gasteiger partial charge on any atom is 0.410 e. The van der Waals surface area contributed by atoms with Crippen LogP contribution in [0.3, 0.4) is 0 Å². The number of benzene rings is 1. The summed E-state index contributed by atoms with van der Waals surface area (Å²) in [6, 6.07) is 14.4. The standard InChI is InChI=1S/C31H37BrN6O4S/c1-20-10-12-24(13-11-20)43(40,41)37-19-25(32)28-26(14-15-33-29(28)37)34-16-23-8-7-9-27(35-23)36-17-21(2)38(22(3)18-36)30(39)42-31(4,5)6/h7-15,19,21-22H,16-18H2,1-6H3,(H,33,34)/t21-,22+. The molecule has 5 rings (SSSR count). The van der Waals surface area contributed by atoms with Crippen molar-refractivity contribution >= 4 is 54.6 Å². The number of ether oxygens (including phenoxy) is 1. The van der Waals surface area contributed by atoms with Gasteiger partial charge >= 0.3 is 6.09 Å². The Balaban J connectivity index is 1.33. The molecule has 0 saturated carbocycles. The van der Waals surface area contributed by atoms with Gasteiger partial charge in [-0.1, -0.05) is 23.8 Å². The van der Waals surface area contributed by atoms with Crippen LogP contribution in [0.1, 0.15) is 45.9 Å². The number of hydrogen-bond donors (Lipinski definition) is 1. The number of halogens is 1. The van der Waals surface area contributed by atoms with Gasteiger partial charge in [0.2, 0.25) is 0 Å². The third-order valence-corrected chi connectivity index (χ3v) is 9.55. The monoisotopic (exact) mass is 668 g/mol. The molecule has 1 aliphatic heterocycles. The molecule has 0 bridgehead atoms. The van der Waals surface area contributed by atoms with Crippen molar-refractivity contribution in [3.8, 4) is 0 Å². The minimum Gasteiger partial charge on any atom is -0.444 e. The van der Waals surface area contributed by atoms with Crippen LogP contribution in [0.15, 0.2) is 70.3 Å². The first-order chi connectivity index (χ1) is 20.2. The van der Waals surface area contributed by atoms with Gasteiger partial charge in [0.25, 0.3) is 10.0 Å². The molecule has 1 aliphatic rings. The van der Waals surface area contributed by atoms with E-state index in [4.69, 9.17) is 9.72 Å². The minimum atomic E-state index is -3.84. The van der Waals surface area contributed by atoms with Gasteiger partial charge in [-0.15, -0.1) is 0 Å². The largest absolute Gasteiger partial charge is 0.444 e. The third kappa shape index (κ3) is 6.50. The molecule has 0 unspecified atom stereocenters. The molecule has 0 aliphatic carbocycles. The van der Waals surface area contributed by atoms with Gasteiger partial charge in [0.1, 0.15) is 11.4 Å². The van der Waals surface area contributed by atoms with E-state index in [1.807, 2.05) is 70.7 Å². The van der Waals surface area contributed by atoms with Crippen molar-refractivity contribution in [1.82, 2.24) is 18.8 Å². The molecular weight excluding hydrogens is 632 g/mol. The number of amides is 1. The SMILES string of the molecule is Cc1ccc(S(=O)(=O)n2cc(Br)c3c(NCc4cccc(N5C[C@@H](C)N(C(=O)OC(C)(C)C)[C@@H](C)C5)n4)ccnc32)cc1. The van der Waals surface area contributed by atoms with E-state index in [9.17, 15) is 13.2 Å². The first-order valence-electron chi connectivity index (χ1n) is 14.2. The number of pyridine rings is 2. The molecule has 12 heteroatoms. The van der Waals surface area contributed by atoms with Crippen molar-refractivity contribution in [2.45, 2.75) is 70.7 Å². The number of carbonyl (C=O) groups excluding carboxylic acids is 1. The first kappa shape index (κ1) is 30.8. The van der Waals surface area contributed by atoms with E-state index < -0.39 is 15.6 Å². The fourth-order valence-corrected chi connectivity index (χ4v) is 7.40. The summed E-state index contributed by atoms with van der Waals surface area (Å²) < 4.78 is 34.4. The molecule has 4 aromatic rings. The number of hydrogen-bond acceptors (Lipinski definition) is 8. The zero-order chi connectivity index (χ0) is 31.1. The number of fused-ring (bicyclic) bond motifs is 1. The van der Waals surface area contributed by atoms with Crippen LogP contribution < -0.4 is 10.2 Å². The lowest BCUT2D eigenvalue weighted by atomic mass is 10.1. The minimum absolute atomic E-state index is 0.0511. The van der Waals surface area contributed by atoms with Crippen LogP contribution in [0, 0.1) is 6.92 Å². The third-order valence-electron chi connectivity index (χ3n) is 7.29. The zero-order valence-corrected chi connectivity index (χ0v) is 27.6. The maximum atomic E-state index is 13.5. The molecule has 0 radical (unpaired) electrons. The number of nitrogens with one attached hydrogen (secondary N) is 1. The second kappa shape index (κ2) is 11.8. The van der Waals surface area contributed by atoms with Crippen LogP contribution >= 0.6 is 15.9 Å². The molecule has 3 aromatic heterocycles. The van der Waals surface area contributed by atoms with Crippen LogP contribution in [0.2, 0.25) is 0 Å². The van der Waals surface area contributed by atoms with E-state index >= 15 is 0 Å².